The molecule has 23 heavy (non-hydrogen) atoms. The van der Waals surface area contributed by atoms with Crippen molar-refractivity contribution in [2.75, 3.05) is 4.90 Å². The second-order valence-corrected chi connectivity index (χ2v) is 6.00. The van der Waals surface area contributed by atoms with Gasteiger partial charge in [-0.05, 0) is 28.5 Å². The van der Waals surface area contributed by atoms with E-state index in [1.165, 1.54) is 4.90 Å². The van der Waals surface area contributed by atoms with Crippen LogP contribution in [0.4, 0.5) is 5.69 Å². The lowest BCUT2D eigenvalue weighted by Gasteiger charge is -2.28. The second kappa shape index (κ2) is 5.25. The van der Waals surface area contributed by atoms with Crippen LogP contribution in [0.2, 0.25) is 0 Å². The minimum absolute atomic E-state index is 0.216. The van der Waals surface area contributed by atoms with E-state index in [1.54, 1.807) is 18.2 Å². The van der Waals surface area contributed by atoms with E-state index in [9.17, 15) is 9.59 Å². The number of carbonyl (C=O) groups is 2. The molecule has 0 aromatic heterocycles. The Hall–Kier alpha value is -2.59. The van der Waals surface area contributed by atoms with Crippen molar-refractivity contribution < 1.29 is 9.59 Å². The van der Waals surface area contributed by atoms with Crippen LogP contribution >= 0.6 is 12.6 Å². The lowest BCUT2D eigenvalue weighted by Crippen LogP contribution is -2.42. The van der Waals surface area contributed by atoms with Gasteiger partial charge in [0.25, 0.3) is 5.91 Å². The zero-order valence-corrected chi connectivity index (χ0v) is 13.1. The number of hydrogen-bond acceptors (Lipinski definition) is 3. The van der Waals surface area contributed by atoms with E-state index in [-0.39, 0.29) is 18.2 Å². The molecule has 2 amide bonds. The van der Waals surface area contributed by atoms with Crippen molar-refractivity contribution in [2.45, 2.75) is 11.3 Å². The molecule has 3 aromatic carbocycles. The first-order valence-corrected chi connectivity index (χ1v) is 7.77. The summed E-state index contributed by atoms with van der Waals surface area (Å²) in [5, 5.41) is 1.87. The van der Waals surface area contributed by atoms with Crippen molar-refractivity contribution in [2.24, 2.45) is 0 Å². The SMILES string of the molecule is O=C1Cc2ccc3ccccc3c2C(=O)N1c1ccccc1S. The van der Waals surface area contributed by atoms with E-state index in [1.807, 2.05) is 42.5 Å². The van der Waals surface area contributed by atoms with Gasteiger partial charge in [0.2, 0.25) is 5.91 Å². The van der Waals surface area contributed by atoms with Crippen LogP contribution in [0.15, 0.2) is 65.6 Å². The van der Waals surface area contributed by atoms with Gasteiger partial charge < -0.3 is 0 Å². The van der Waals surface area contributed by atoms with Crippen molar-refractivity contribution in [1.29, 1.82) is 0 Å². The Morgan fingerprint density at radius 3 is 2.43 bits per heavy atom. The van der Waals surface area contributed by atoms with E-state index in [4.69, 9.17) is 0 Å². The van der Waals surface area contributed by atoms with Crippen molar-refractivity contribution in [3.8, 4) is 0 Å². The van der Waals surface area contributed by atoms with Crippen molar-refractivity contribution in [1.82, 2.24) is 0 Å². The third-order valence-corrected chi connectivity index (χ3v) is 4.52. The fraction of sp³-hybridized carbons (Fsp3) is 0.0526. The summed E-state index contributed by atoms with van der Waals surface area (Å²) in [5.41, 5.74) is 1.93. The van der Waals surface area contributed by atoms with Gasteiger partial charge in [0.15, 0.2) is 0 Å². The largest absolute Gasteiger partial charge is 0.274 e. The van der Waals surface area contributed by atoms with Gasteiger partial charge in [-0.2, -0.15) is 0 Å². The Morgan fingerprint density at radius 1 is 0.870 bits per heavy atom. The maximum absolute atomic E-state index is 13.1. The van der Waals surface area contributed by atoms with Gasteiger partial charge in [0, 0.05) is 4.90 Å². The number of amides is 2. The first-order chi connectivity index (χ1) is 11.2. The van der Waals surface area contributed by atoms with Crippen molar-refractivity contribution in [3.05, 3.63) is 71.8 Å². The third-order valence-electron chi connectivity index (χ3n) is 4.15. The average Bonchev–Trinajstić information content (AvgIpc) is 2.56. The number of anilines is 1. The van der Waals surface area contributed by atoms with Crippen LogP contribution in [-0.4, -0.2) is 11.8 Å². The molecule has 4 heteroatoms. The van der Waals surface area contributed by atoms with Crippen LogP contribution in [0, 0.1) is 0 Å². The van der Waals surface area contributed by atoms with Crippen molar-refractivity contribution >= 4 is 40.9 Å². The molecule has 0 saturated carbocycles. The second-order valence-electron chi connectivity index (χ2n) is 5.52. The molecule has 1 aliphatic rings. The summed E-state index contributed by atoms with van der Waals surface area (Å²) in [6, 6.07) is 18.7. The fourth-order valence-corrected chi connectivity index (χ4v) is 3.34. The summed E-state index contributed by atoms with van der Waals surface area (Å²) in [7, 11) is 0. The molecule has 1 heterocycles. The molecule has 4 rings (SSSR count). The van der Waals surface area contributed by atoms with Gasteiger partial charge >= 0.3 is 0 Å². The number of imide groups is 1. The van der Waals surface area contributed by atoms with Crippen LogP contribution in [0.1, 0.15) is 15.9 Å². The average molecular weight is 319 g/mol. The van der Waals surface area contributed by atoms with E-state index in [2.05, 4.69) is 12.6 Å². The minimum atomic E-state index is -0.283. The first-order valence-electron chi connectivity index (χ1n) is 7.33. The number of rotatable bonds is 1. The highest BCUT2D eigenvalue weighted by Crippen LogP contribution is 2.33. The first kappa shape index (κ1) is 14.0. The molecular weight excluding hydrogens is 306 g/mol. The van der Waals surface area contributed by atoms with Crippen LogP contribution in [0.25, 0.3) is 10.8 Å². The van der Waals surface area contributed by atoms with Crippen LogP contribution in [-0.2, 0) is 11.2 Å². The van der Waals surface area contributed by atoms with Gasteiger partial charge in [-0.1, -0.05) is 48.5 Å². The van der Waals surface area contributed by atoms with E-state index in [0.717, 1.165) is 16.3 Å². The summed E-state index contributed by atoms with van der Waals surface area (Å²) in [6.45, 7) is 0. The maximum Gasteiger partial charge on any atom is 0.266 e. The lowest BCUT2D eigenvalue weighted by molar-refractivity contribution is -0.117. The van der Waals surface area contributed by atoms with E-state index < -0.39 is 0 Å². The highest BCUT2D eigenvalue weighted by atomic mass is 32.1. The zero-order chi connectivity index (χ0) is 16.0. The van der Waals surface area contributed by atoms with Crippen molar-refractivity contribution in [3.63, 3.8) is 0 Å². The van der Waals surface area contributed by atoms with E-state index in [0.29, 0.717) is 16.1 Å². The molecule has 112 valence electrons. The molecule has 0 aliphatic carbocycles. The Balaban J connectivity index is 1.95. The molecule has 1 aliphatic heterocycles. The standard InChI is InChI=1S/C19H13NO2S/c21-17-11-13-10-9-12-5-1-2-6-14(12)18(13)19(22)20(17)15-7-3-4-8-16(15)23/h1-10,23H,11H2. The summed E-state index contributed by atoms with van der Waals surface area (Å²) in [5.74, 6) is -0.506. The number of carbonyl (C=O) groups excluding carboxylic acids is 2. The number of thiol groups is 1. The van der Waals surface area contributed by atoms with Gasteiger partial charge in [0.05, 0.1) is 17.7 Å². The molecule has 0 N–H and O–H groups in total. The molecular formula is C19H13NO2S. The molecule has 0 fully saturated rings. The number of para-hydroxylation sites is 1. The Labute approximate surface area is 138 Å². The number of hydrogen-bond donors (Lipinski definition) is 1. The molecule has 0 saturated heterocycles. The summed E-state index contributed by atoms with van der Waals surface area (Å²) in [4.78, 5) is 27.4. The molecule has 0 spiro atoms. The number of nitrogens with zero attached hydrogens (tertiary/aromatic N) is 1. The molecule has 0 radical (unpaired) electrons. The molecule has 0 bridgehead atoms. The van der Waals surface area contributed by atoms with Crippen LogP contribution in [0.5, 0.6) is 0 Å². The summed E-state index contributed by atoms with van der Waals surface area (Å²) >= 11 is 4.39. The normalized spacial score (nSPS) is 14.2. The third kappa shape index (κ3) is 2.14. The number of benzene rings is 3. The topological polar surface area (TPSA) is 37.4 Å². The molecule has 0 unspecified atom stereocenters. The van der Waals surface area contributed by atoms with Gasteiger partial charge in [-0.3, -0.25) is 9.59 Å². The van der Waals surface area contributed by atoms with Gasteiger partial charge in [-0.25, -0.2) is 4.90 Å². The quantitative estimate of drug-likeness (QED) is 0.546. The summed E-state index contributed by atoms with van der Waals surface area (Å²) in [6.07, 6.45) is 0.216. The molecule has 0 atom stereocenters. The fourth-order valence-electron chi connectivity index (χ4n) is 3.08. The maximum atomic E-state index is 13.1. The van der Waals surface area contributed by atoms with Gasteiger partial charge in [-0.15, -0.1) is 12.6 Å². The predicted molar refractivity (Wildman–Crippen MR) is 93.2 cm³/mol. The smallest absolute Gasteiger partial charge is 0.266 e. The Kier molecular flexibility index (Phi) is 3.20. The monoisotopic (exact) mass is 319 g/mol. The zero-order valence-electron chi connectivity index (χ0n) is 12.2. The van der Waals surface area contributed by atoms with Crippen LogP contribution in [0.3, 0.4) is 0 Å². The highest BCUT2D eigenvalue weighted by molar-refractivity contribution is 7.80. The predicted octanol–water partition coefficient (Wildman–Crippen LogP) is 3.86. The highest BCUT2D eigenvalue weighted by Gasteiger charge is 2.34. The molecule has 3 aromatic rings. The Bertz CT molecular complexity index is 964. The van der Waals surface area contributed by atoms with Gasteiger partial charge in [0.1, 0.15) is 0 Å². The lowest BCUT2D eigenvalue weighted by atomic mass is 9.92. The van der Waals surface area contributed by atoms with Crippen LogP contribution < -0.4 is 4.90 Å². The summed E-state index contributed by atoms with van der Waals surface area (Å²) < 4.78 is 0. The van der Waals surface area contributed by atoms with E-state index >= 15 is 0 Å². The molecule has 3 nitrogen and oxygen atoms in total. The Morgan fingerprint density at radius 2 is 1.61 bits per heavy atom. The number of fused-ring (bicyclic) bond motifs is 3. The minimum Gasteiger partial charge on any atom is -0.274 e.